The summed E-state index contributed by atoms with van der Waals surface area (Å²) >= 11 is 6.04. The van der Waals surface area contributed by atoms with Crippen molar-refractivity contribution in [3.8, 4) is 0 Å². The van der Waals surface area contributed by atoms with Crippen molar-refractivity contribution in [2.24, 2.45) is 0 Å². The van der Waals surface area contributed by atoms with E-state index in [1.165, 1.54) is 0 Å². The average Bonchev–Trinajstić information content (AvgIpc) is 2.83. The van der Waals surface area contributed by atoms with Crippen LogP contribution in [0.2, 0.25) is 5.15 Å². The fraction of sp³-hybridized carbons (Fsp3) is 0.462. The van der Waals surface area contributed by atoms with E-state index in [2.05, 4.69) is 15.2 Å². The van der Waals surface area contributed by atoms with Crippen LogP contribution in [-0.4, -0.2) is 38.6 Å². The van der Waals surface area contributed by atoms with Gasteiger partial charge in [-0.05, 0) is 18.9 Å². The van der Waals surface area contributed by atoms with E-state index >= 15 is 0 Å². The molecule has 2 aliphatic heterocycles. The molecule has 2 aromatic heterocycles. The van der Waals surface area contributed by atoms with Crippen molar-refractivity contribution in [1.82, 2.24) is 20.1 Å². The molecule has 0 radical (unpaired) electrons. The Bertz CT molecular complexity index is 668. The van der Waals surface area contributed by atoms with Crippen molar-refractivity contribution < 1.29 is 4.79 Å². The number of fused-ring (bicyclic) bond motifs is 2. The number of aromatic nitrogens is 3. The number of aromatic amines is 1. The summed E-state index contributed by atoms with van der Waals surface area (Å²) in [5.74, 6) is 0.599. The predicted molar refractivity (Wildman–Crippen MR) is 71.0 cm³/mol. The number of piperidine rings is 1. The van der Waals surface area contributed by atoms with Gasteiger partial charge in [0.25, 0.3) is 0 Å². The molecule has 4 heterocycles. The minimum atomic E-state index is 0.276. The molecule has 98 valence electrons. The number of amides is 1. The number of halogens is 1. The molecule has 1 amide bonds. The first kappa shape index (κ1) is 11.2. The second-order valence-corrected chi connectivity index (χ2v) is 5.67. The number of hydrogen-bond acceptors (Lipinski definition) is 3. The van der Waals surface area contributed by atoms with Gasteiger partial charge >= 0.3 is 0 Å². The lowest BCUT2D eigenvalue weighted by Gasteiger charge is -2.46. The number of carbonyl (C=O) groups excluding carboxylic acids is 1. The normalized spacial score (nSPS) is 26.4. The highest BCUT2D eigenvalue weighted by molar-refractivity contribution is 6.33. The minimum Gasteiger partial charge on any atom is -0.338 e. The van der Waals surface area contributed by atoms with Crippen LogP contribution in [0, 0.1) is 0 Å². The number of nitrogens with zero attached hydrogens (tertiary/aromatic N) is 3. The van der Waals surface area contributed by atoms with Crippen LogP contribution in [0.3, 0.4) is 0 Å². The molecule has 2 fully saturated rings. The lowest BCUT2D eigenvalue weighted by atomic mass is 9.83. The molecule has 5 nitrogen and oxygen atoms in total. The third-order valence-electron chi connectivity index (χ3n) is 4.30. The summed E-state index contributed by atoms with van der Waals surface area (Å²) in [5.41, 5.74) is 1.80. The zero-order chi connectivity index (χ0) is 13.0. The summed E-state index contributed by atoms with van der Waals surface area (Å²) in [7, 11) is 0. The van der Waals surface area contributed by atoms with Crippen LogP contribution < -0.4 is 0 Å². The van der Waals surface area contributed by atoms with Gasteiger partial charge in [-0.15, -0.1) is 0 Å². The zero-order valence-corrected chi connectivity index (χ0v) is 11.0. The first-order valence-corrected chi connectivity index (χ1v) is 6.90. The van der Waals surface area contributed by atoms with E-state index in [4.69, 9.17) is 11.6 Å². The Morgan fingerprint density at radius 3 is 3.16 bits per heavy atom. The van der Waals surface area contributed by atoms with Gasteiger partial charge in [-0.1, -0.05) is 11.6 Å². The Kier molecular flexibility index (Phi) is 2.33. The fourth-order valence-corrected chi connectivity index (χ4v) is 3.43. The van der Waals surface area contributed by atoms with Crippen LogP contribution in [0.25, 0.3) is 10.9 Å². The van der Waals surface area contributed by atoms with E-state index in [0.29, 0.717) is 17.1 Å². The van der Waals surface area contributed by atoms with Gasteiger partial charge in [0.2, 0.25) is 5.91 Å². The maximum atomic E-state index is 11.6. The smallest absolute Gasteiger partial charge is 0.224 e. The molecule has 6 heteroatoms. The summed E-state index contributed by atoms with van der Waals surface area (Å²) in [6.45, 7) is 0.792. The molecule has 2 unspecified atom stereocenters. The van der Waals surface area contributed by atoms with E-state index in [1.54, 1.807) is 6.20 Å². The van der Waals surface area contributed by atoms with Crippen LogP contribution in [0.4, 0.5) is 0 Å². The topological polar surface area (TPSA) is 61.9 Å². The monoisotopic (exact) mass is 276 g/mol. The van der Waals surface area contributed by atoms with Gasteiger partial charge in [0.05, 0.1) is 0 Å². The van der Waals surface area contributed by atoms with Crippen molar-refractivity contribution >= 4 is 28.4 Å². The van der Waals surface area contributed by atoms with Crippen LogP contribution in [0.15, 0.2) is 12.3 Å². The number of H-pyrrole nitrogens is 1. The number of nitrogens with one attached hydrogen (secondary N) is 1. The highest BCUT2D eigenvalue weighted by atomic mass is 35.5. The van der Waals surface area contributed by atoms with Crippen LogP contribution in [0.5, 0.6) is 0 Å². The lowest BCUT2D eigenvalue weighted by molar-refractivity contribution is -0.148. The Morgan fingerprint density at radius 2 is 2.32 bits per heavy atom. The lowest BCUT2D eigenvalue weighted by Crippen LogP contribution is -2.56. The molecule has 0 saturated carbocycles. The molecule has 0 spiro atoms. The van der Waals surface area contributed by atoms with Crippen molar-refractivity contribution in [2.75, 3.05) is 6.54 Å². The Hall–Kier alpha value is -1.62. The standard InChI is InChI=1S/C13H13ClN4O/c14-13-12-9(3-4-15-13)11(16-17-12)7-1-2-8-5-10(19)18(8)6-7/h3-4,7-8H,1-2,5-6H2,(H,16,17). The summed E-state index contributed by atoms with van der Waals surface area (Å²) in [5, 5.41) is 8.79. The summed E-state index contributed by atoms with van der Waals surface area (Å²) < 4.78 is 0. The molecule has 0 aromatic carbocycles. The molecular formula is C13H13ClN4O. The fourth-order valence-electron chi connectivity index (χ4n) is 3.23. The van der Waals surface area contributed by atoms with E-state index in [0.717, 1.165) is 42.4 Å². The maximum absolute atomic E-state index is 11.6. The quantitative estimate of drug-likeness (QED) is 0.641. The van der Waals surface area contributed by atoms with Gasteiger partial charge < -0.3 is 4.90 Å². The van der Waals surface area contributed by atoms with Gasteiger partial charge in [-0.2, -0.15) is 5.10 Å². The van der Waals surface area contributed by atoms with Gasteiger partial charge in [0.15, 0.2) is 5.15 Å². The van der Waals surface area contributed by atoms with Crippen molar-refractivity contribution in [2.45, 2.75) is 31.2 Å². The molecule has 2 saturated heterocycles. The molecule has 2 aliphatic rings. The second-order valence-electron chi connectivity index (χ2n) is 5.31. The third-order valence-corrected chi connectivity index (χ3v) is 4.58. The van der Waals surface area contributed by atoms with Crippen molar-refractivity contribution in [3.05, 3.63) is 23.1 Å². The molecule has 0 aliphatic carbocycles. The number of rotatable bonds is 1. The van der Waals surface area contributed by atoms with Crippen LogP contribution in [0.1, 0.15) is 30.9 Å². The summed E-state index contributed by atoms with van der Waals surface area (Å²) in [6.07, 6.45) is 4.59. The van der Waals surface area contributed by atoms with Gasteiger partial charge in [0, 0.05) is 42.2 Å². The molecule has 19 heavy (non-hydrogen) atoms. The number of pyridine rings is 1. The first-order chi connectivity index (χ1) is 9.24. The Labute approximate surface area is 114 Å². The molecule has 2 aromatic rings. The van der Waals surface area contributed by atoms with E-state index < -0.39 is 0 Å². The van der Waals surface area contributed by atoms with E-state index in [1.807, 2.05) is 11.0 Å². The van der Waals surface area contributed by atoms with Gasteiger partial charge in [-0.3, -0.25) is 9.89 Å². The Morgan fingerprint density at radius 1 is 1.42 bits per heavy atom. The predicted octanol–water partition coefficient (Wildman–Crippen LogP) is 2.09. The number of carbonyl (C=O) groups is 1. The van der Waals surface area contributed by atoms with Gasteiger partial charge in [-0.25, -0.2) is 4.98 Å². The third kappa shape index (κ3) is 1.57. The average molecular weight is 277 g/mol. The first-order valence-electron chi connectivity index (χ1n) is 6.52. The minimum absolute atomic E-state index is 0.276. The van der Waals surface area contributed by atoms with Crippen LogP contribution >= 0.6 is 11.6 Å². The maximum Gasteiger partial charge on any atom is 0.224 e. The second kappa shape index (κ2) is 3.93. The number of hydrogen-bond donors (Lipinski definition) is 1. The van der Waals surface area contributed by atoms with E-state index in [-0.39, 0.29) is 5.91 Å². The van der Waals surface area contributed by atoms with Crippen molar-refractivity contribution in [1.29, 1.82) is 0 Å². The van der Waals surface area contributed by atoms with Crippen molar-refractivity contribution in [3.63, 3.8) is 0 Å². The highest BCUT2D eigenvalue weighted by Gasteiger charge is 2.41. The van der Waals surface area contributed by atoms with Crippen LogP contribution in [-0.2, 0) is 4.79 Å². The summed E-state index contributed by atoms with van der Waals surface area (Å²) in [6, 6.07) is 2.41. The molecule has 2 atom stereocenters. The number of β-lactam (4-membered cyclic amide) rings is 1. The molecular weight excluding hydrogens is 264 g/mol. The zero-order valence-electron chi connectivity index (χ0n) is 10.3. The molecule has 0 bridgehead atoms. The SMILES string of the molecule is O=C1CC2CCC(c3[nH]nc4c(Cl)nccc34)CN12. The largest absolute Gasteiger partial charge is 0.338 e. The molecule has 1 N–H and O–H groups in total. The Balaban J connectivity index is 1.71. The summed E-state index contributed by atoms with van der Waals surface area (Å²) in [4.78, 5) is 17.6. The van der Waals surface area contributed by atoms with E-state index in [9.17, 15) is 4.79 Å². The highest BCUT2D eigenvalue weighted by Crippen LogP contribution is 2.38. The van der Waals surface area contributed by atoms with Gasteiger partial charge in [0.1, 0.15) is 5.52 Å². The molecule has 4 rings (SSSR count).